The van der Waals surface area contributed by atoms with Crippen molar-refractivity contribution in [2.75, 3.05) is 23.3 Å². The Hall–Kier alpha value is -2.30. The molecule has 5 nitrogen and oxygen atoms in total. The molecule has 0 fully saturated rings. The molecule has 0 atom stereocenters. The number of aryl methyl sites for hydroxylation is 1. The van der Waals surface area contributed by atoms with Gasteiger partial charge in [0.1, 0.15) is 0 Å². The van der Waals surface area contributed by atoms with Crippen molar-refractivity contribution in [1.82, 2.24) is 5.16 Å². The molecule has 1 aromatic heterocycles. The van der Waals surface area contributed by atoms with Gasteiger partial charge in [0, 0.05) is 30.5 Å². The number of nitrogens with zero attached hydrogens (tertiary/aromatic N) is 2. The molecule has 1 heterocycles. The minimum absolute atomic E-state index is 0.206. The van der Waals surface area contributed by atoms with Crippen LogP contribution in [0.15, 0.2) is 35.0 Å². The first kappa shape index (κ1) is 14.1. The summed E-state index contributed by atoms with van der Waals surface area (Å²) in [5.74, 6) is -0.0848. The number of hydrogen-bond donors (Lipinski definition) is 1. The summed E-state index contributed by atoms with van der Waals surface area (Å²) in [4.78, 5) is 14.2. The molecule has 20 heavy (non-hydrogen) atoms. The van der Waals surface area contributed by atoms with Crippen LogP contribution < -0.4 is 10.2 Å². The molecule has 2 rings (SSSR count). The second-order valence-electron chi connectivity index (χ2n) is 4.50. The Bertz CT molecular complexity index is 575. The second-order valence-corrected chi connectivity index (χ2v) is 4.50. The molecule has 106 valence electrons. The Balaban J connectivity index is 2.16. The van der Waals surface area contributed by atoms with Crippen LogP contribution in [0.1, 0.15) is 30.0 Å². The van der Waals surface area contributed by atoms with Gasteiger partial charge in [0.05, 0.1) is 6.20 Å². The highest BCUT2D eigenvalue weighted by molar-refractivity contribution is 6.02. The van der Waals surface area contributed by atoms with Crippen LogP contribution in [0.25, 0.3) is 0 Å². The van der Waals surface area contributed by atoms with Crippen LogP contribution in [0.5, 0.6) is 0 Å². The van der Waals surface area contributed by atoms with E-state index in [4.69, 9.17) is 4.52 Å². The first-order valence-corrected chi connectivity index (χ1v) is 6.73. The highest BCUT2D eigenvalue weighted by atomic mass is 16.5. The van der Waals surface area contributed by atoms with Crippen LogP contribution in [0, 0.1) is 6.92 Å². The average molecular weight is 273 g/mol. The van der Waals surface area contributed by atoms with Crippen molar-refractivity contribution in [1.29, 1.82) is 0 Å². The molecule has 0 saturated carbocycles. The summed E-state index contributed by atoms with van der Waals surface area (Å²) in [6, 6.07) is 7.53. The number of amides is 1. The molecule has 1 N–H and O–H groups in total. The largest absolute Gasteiger partial charge is 0.372 e. The van der Waals surface area contributed by atoms with E-state index in [9.17, 15) is 4.79 Å². The predicted octanol–water partition coefficient (Wildman–Crippen LogP) is 3.08. The normalized spacial score (nSPS) is 10.3. The van der Waals surface area contributed by atoms with Gasteiger partial charge in [-0.15, -0.1) is 0 Å². The van der Waals surface area contributed by atoms with Crippen LogP contribution in [0.3, 0.4) is 0 Å². The fourth-order valence-corrected chi connectivity index (χ4v) is 2.09. The van der Waals surface area contributed by atoms with Gasteiger partial charge < -0.3 is 14.7 Å². The van der Waals surface area contributed by atoms with Crippen molar-refractivity contribution < 1.29 is 9.32 Å². The molecule has 0 aliphatic carbocycles. The topological polar surface area (TPSA) is 58.4 Å². The lowest BCUT2D eigenvalue weighted by Gasteiger charge is -2.22. The molecule has 0 bridgehead atoms. The fraction of sp³-hybridized carbons (Fsp3) is 0.333. The first-order valence-electron chi connectivity index (χ1n) is 6.73. The molecule has 5 heteroatoms. The molecule has 1 aromatic carbocycles. The van der Waals surface area contributed by atoms with Crippen molar-refractivity contribution in [3.05, 3.63) is 41.8 Å². The van der Waals surface area contributed by atoms with Crippen LogP contribution in [0.2, 0.25) is 0 Å². The van der Waals surface area contributed by atoms with Gasteiger partial charge in [0.25, 0.3) is 5.91 Å². The fourth-order valence-electron chi connectivity index (χ4n) is 2.09. The molecule has 0 spiro atoms. The highest BCUT2D eigenvalue weighted by Crippen LogP contribution is 2.23. The van der Waals surface area contributed by atoms with Crippen LogP contribution in [-0.4, -0.2) is 24.2 Å². The number of nitrogens with one attached hydrogen (secondary N) is 1. The van der Waals surface area contributed by atoms with Gasteiger partial charge >= 0.3 is 0 Å². The molecule has 1 amide bonds. The summed E-state index contributed by atoms with van der Waals surface area (Å²) in [6.07, 6.45) is 1.45. The molecular formula is C15H19N3O2. The van der Waals surface area contributed by atoms with Crippen LogP contribution in [-0.2, 0) is 0 Å². The maximum Gasteiger partial charge on any atom is 0.294 e. The zero-order valence-corrected chi connectivity index (χ0v) is 12.0. The monoisotopic (exact) mass is 273 g/mol. The average Bonchev–Trinajstić information content (AvgIpc) is 2.97. The predicted molar refractivity (Wildman–Crippen MR) is 79.2 cm³/mol. The highest BCUT2D eigenvalue weighted by Gasteiger charge is 2.12. The molecule has 0 aliphatic rings. The summed E-state index contributed by atoms with van der Waals surface area (Å²) in [5.41, 5.74) is 2.95. The lowest BCUT2D eigenvalue weighted by atomic mass is 10.1. The SMILES string of the molecule is CCN(CC)c1ccc(NC(=O)c2ccno2)c(C)c1. The maximum atomic E-state index is 11.9. The lowest BCUT2D eigenvalue weighted by molar-refractivity contribution is 0.0988. The first-order chi connectivity index (χ1) is 9.65. The van der Waals surface area contributed by atoms with Crippen molar-refractivity contribution in [2.45, 2.75) is 20.8 Å². The Morgan fingerprint density at radius 2 is 2.05 bits per heavy atom. The Kier molecular flexibility index (Phi) is 4.40. The molecule has 0 saturated heterocycles. The van der Waals surface area contributed by atoms with Gasteiger partial charge in [-0.3, -0.25) is 4.79 Å². The Morgan fingerprint density at radius 1 is 1.30 bits per heavy atom. The van der Waals surface area contributed by atoms with Crippen LogP contribution >= 0.6 is 0 Å². The van der Waals surface area contributed by atoms with Crippen LogP contribution in [0.4, 0.5) is 11.4 Å². The summed E-state index contributed by atoms with van der Waals surface area (Å²) in [5, 5.41) is 6.35. The minimum Gasteiger partial charge on any atom is -0.372 e. The number of hydrogen-bond acceptors (Lipinski definition) is 4. The van der Waals surface area contributed by atoms with Crippen molar-refractivity contribution in [3.8, 4) is 0 Å². The Morgan fingerprint density at radius 3 is 2.60 bits per heavy atom. The number of anilines is 2. The van der Waals surface area contributed by atoms with Gasteiger partial charge in [-0.2, -0.15) is 0 Å². The molecule has 0 aliphatic heterocycles. The lowest BCUT2D eigenvalue weighted by Crippen LogP contribution is -2.22. The van der Waals surface area contributed by atoms with E-state index in [0.29, 0.717) is 0 Å². The third-order valence-corrected chi connectivity index (χ3v) is 3.25. The number of aromatic nitrogens is 1. The van der Waals surface area contributed by atoms with Crippen molar-refractivity contribution >= 4 is 17.3 Å². The van der Waals surface area contributed by atoms with E-state index in [-0.39, 0.29) is 11.7 Å². The number of carbonyl (C=O) groups excluding carboxylic acids is 1. The minimum atomic E-state index is -0.291. The third-order valence-electron chi connectivity index (χ3n) is 3.25. The van der Waals surface area contributed by atoms with E-state index in [1.807, 2.05) is 19.1 Å². The standard InChI is InChI=1S/C15H19N3O2/c1-4-18(5-2)12-6-7-13(11(3)10-12)17-15(19)14-8-9-16-20-14/h6-10H,4-5H2,1-3H3,(H,17,19). The number of carbonyl (C=O) groups is 1. The smallest absolute Gasteiger partial charge is 0.294 e. The summed E-state index contributed by atoms with van der Waals surface area (Å²) in [7, 11) is 0. The number of rotatable bonds is 5. The number of benzene rings is 1. The zero-order chi connectivity index (χ0) is 14.5. The van der Waals surface area contributed by atoms with Crippen molar-refractivity contribution in [2.24, 2.45) is 0 Å². The van der Waals surface area contributed by atoms with Gasteiger partial charge in [0.15, 0.2) is 0 Å². The van der Waals surface area contributed by atoms with E-state index < -0.39 is 0 Å². The summed E-state index contributed by atoms with van der Waals surface area (Å²) < 4.78 is 4.83. The van der Waals surface area contributed by atoms with Crippen molar-refractivity contribution in [3.63, 3.8) is 0 Å². The van der Waals surface area contributed by atoms with E-state index in [2.05, 4.69) is 35.3 Å². The summed E-state index contributed by atoms with van der Waals surface area (Å²) in [6.45, 7) is 8.14. The molecule has 0 unspecified atom stereocenters. The van der Waals surface area contributed by atoms with E-state index in [1.165, 1.54) is 12.3 Å². The molecule has 2 aromatic rings. The quantitative estimate of drug-likeness (QED) is 0.909. The van der Waals surface area contributed by atoms with E-state index in [0.717, 1.165) is 30.0 Å². The van der Waals surface area contributed by atoms with Gasteiger partial charge in [-0.1, -0.05) is 5.16 Å². The Labute approximate surface area is 118 Å². The molecular weight excluding hydrogens is 254 g/mol. The van der Waals surface area contributed by atoms with Gasteiger partial charge in [-0.05, 0) is 44.5 Å². The maximum absolute atomic E-state index is 11.9. The summed E-state index contributed by atoms with van der Waals surface area (Å²) >= 11 is 0. The zero-order valence-electron chi connectivity index (χ0n) is 12.0. The second kappa shape index (κ2) is 6.23. The van der Waals surface area contributed by atoms with E-state index >= 15 is 0 Å². The molecule has 0 radical (unpaired) electrons. The van der Waals surface area contributed by atoms with Gasteiger partial charge in [-0.25, -0.2) is 0 Å². The third kappa shape index (κ3) is 2.99. The van der Waals surface area contributed by atoms with Gasteiger partial charge in [0.2, 0.25) is 5.76 Å². The van der Waals surface area contributed by atoms with E-state index in [1.54, 1.807) is 0 Å².